The predicted octanol–water partition coefficient (Wildman–Crippen LogP) is 12.1. The first-order valence-electron chi connectivity index (χ1n) is 19.6. The van der Waals surface area contributed by atoms with Gasteiger partial charge in [0.1, 0.15) is 11.2 Å². The maximum absolute atomic E-state index is 2.82. The average Bonchev–Trinajstić information content (AvgIpc) is 3.66. The van der Waals surface area contributed by atoms with Crippen molar-refractivity contribution in [1.29, 1.82) is 0 Å². The fraction of sp³-hybridized carbons (Fsp3) is 0.457. The summed E-state index contributed by atoms with van der Waals surface area (Å²) in [5.74, 6) is 2.52. The molecule has 2 aromatic heterocycles. The Labute approximate surface area is 293 Å². The number of fused-ring (bicyclic) bond motifs is 8. The van der Waals surface area contributed by atoms with E-state index in [-0.39, 0.29) is 11.0 Å². The number of nitrogens with zero attached hydrogens (tertiary/aromatic N) is 3. The van der Waals surface area contributed by atoms with Gasteiger partial charge in [0.05, 0.1) is 11.1 Å². The summed E-state index contributed by atoms with van der Waals surface area (Å²) >= 11 is 0. The molecule has 2 saturated carbocycles. The van der Waals surface area contributed by atoms with Gasteiger partial charge >= 0.3 is 0 Å². The van der Waals surface area contributed by atoms with E-state index in [0.29, 0.717) is 11.8 Å². The van der Waals surface area contributed by atoms with Crippen molar-refractivity contribution in [3.63, 3.8) is 0 Å². The zero-order valence-electron chi connectivity index (χ0n) is 30.5. The van der Waals surface area contributed by atoms with Gasteiger partial charge in [0.2, 0.25) is 0 Å². The molecule has 2 unspecified atom stereocenters. The lowest BCUT2D eigenvalue weighted by atomic mass is 9.61. The summed E-state index contributed by atoms with van der Waals surface area (Å²) < 4.78 is 8.20. The third-order valence-corrected chi connectivity index (χ3v) is 14.1. The van der Waals surface area contributed by atoms with Crippen LogP contribution < -0.4 is 4.57 Å². The fourth-order valence-electron chi connectivity index (χ4n) is 11.1. The minimum atomic E-state index is -0.0873. The predicted molar refractivity (Wildman–Crippen MR) is 206 cm³/mol. The van der Waals surface area contributed by atoms with Crippen LogP contribution in [0.3, 0.4) is 0 Å². The molecule has 2 aliphatic carbocycles. The van der Waals surface area contributed by atoms with Crippen LogP contribution in [-0.2, 0) is 18.0 Å². The maximum Gasteiger partial charge on any atom is 0.295 e. The highest BCUT2D eigenvalue weighted by atomic mass is 15.2. The number of imidazole rings is 1. The fourth-order valence-corrected chi connectivity index (χ4v) is 11.1. The minimum Gasteiger partial charge on any atom is -0.343 e. The van der Waals surface area contributed by atoms with Crippen LogP contribution in [0.2, 0.25) is 0 Å². The van der Waals surface area contributed by atoms with E-state index in [1.54, 1.807) is 11.1 Å². The lowest BCUT2D eigenvalue weighted by Gasteiger charge is -2.48. The molecule has 0 bridgehead atoms. The lowest BCUT2D eigenvalue weighted by Crippen LogP contribution is -2.67. The molecule has 2 atom stereocenters. The quantitative estimate of drug-likeness (QED) is 0.165. The number of hydrogen-bond donors (Lipinski definition) is 0. The van der Waals surface area contributed by atoms with Crippen molar-refractivity contribution in [3.8, 4) is 17.1 Å². The van der Waals surface area contributed by atoms with Gasteiger partial charge in [0.15, 0.2) is 11.0 Å². The molecule has 1 aliphatic heterocycles. The Morgan fingerprint density at radius 3 is 2.04 bits per heavy atom. The standard InChI is InChI=1S/C46H54N3/c1-6-45(3)37-26-16-14-25-34(37)44-48(39-28-18-19-29-40(39)49(44)46(45,4)7-2)43-35(31-20-10-8-11-21-31)30-36-33-24-15-17-27-38(33)47(5)42(36)41(43)32-22-12-9-13-23-32/h14-19,24-32H,6-13,20-23H2,1-5H3/q+1. The molecule has 4 aromatic carbocycles. The van der Waals surface area contributed by atoms with Gasteiger partial charge in [-0.1, -0.05) is 108 Å². The van der Waals surface area contributed by atoms with Gasteiger partial charge in [-0.15, -0.1) is 0 Å². The smallest absolute Gasteiger partial charge is 0.295 e. The second kappa shape index (κ2) is 11.6. The summed E-state index contributed by atoms with van der Waals surface area (Å²) in [6.07, 6.45) is 15.4. The highest BCUT2D eigenvalue weighted by Crippen LogP contribution is 2.54. The third-order valence-electron chi connectivity index (χ3n) is 14.1. The summed E-state index contributed by atoms with van der Waals surface area (Å²) in [7, 11) is 2.34. The van der Waals surface area contributed by atoms with Crippen molar-refractivity contribution < 1.29 is 4.57 Å². The second-order valence-corrected chi connectivity index (χ2v) is 16.2. The number of benzene rings is 4. The summed E-state index contributed by atoms with van der Waals surface area (Å²) in [6.45, 7) is 9.93. The molecule has 49 heavy (non-hydrogen) atoms. The summed E-state index contributed by atoms with van der Waals surface area (Å²) in [5.41, 5.74) is 13.2. The van der Waals surface area contributed by atoms with Crippen LogP contribution in [0.1, 0.15) is 133 Å². The van der Waals surface area contributed by atoms with Crippen LogP contribution in [0, 0.1) is 0 Å². The van der Waals surface area contributed by atoms with E-state index in [4.69, 9.17) is 0 Å². The molecule has 3 heteroatoms. The van der Waals surface area contributed by atoms with Gasteiger partial charge < -0.3 is 4.57 Å². The lowest BCUT2D eigenvalue weighted by molar-refractivity contribution is -0.743. The zero-order valence-corrected chi connectivity index (χ0v) is 30.5. The van der Waals surface area contributed by atoms with E-state index in [1.165, 1.54) is 120 Å². The van der Waals surface area contributed by atoms with Gasteiger partial charge in [-0.05, 0) is 93.2 Å². The molecule has 0 radical (unpaired) electrons. The van der Waals surface area contributed by atoms with Gasteiger partial charge in [0.25, 0.3) is 5.82 Å². The molecule has 252 valence electrons. The summed E-state index contributed by atoms with van der Waals surface area (Å²) in [5, 5.41) is 2.88. The van der Waals surface area contributed by atoms with E-state index in [9.17, 15) is 0 Å². The first-order chi connectivity index (χ1) is 23.9. The van der Waals surface area contributed by atoms with E-state index in [0.717, 1.165) is 12.8 Å². The monoisotopic (exact) mass is 648 g/mol. The first kappa shape index (κ1) is 31.2. The van der Waals surface area contributed by atoms with E-state index in [2.05, 4.69) is 127 Å². The highest BCUT2D eigenvalue weighted by Gasteiger charge is 2.56. The van der Waals surface area contributed by atoms with Crippen molar-refractivity contribution >= 4 is 32.8 Å². The minimum absolute atomic E-state index is 0.00314. The third kappa shape index (κ3) is 4.23. The summed E-state index contributed by atoms with van der Waals surface area (Å²) in [4.78, 5) is 0. The molecule has 0 saturated heterocycles. The normalized spacial score (nSPS) is 23.4. The molecule has 3 heterocycles. The van der Waals surface area contributed by atoms with Crippen LogP contribution in [-0.4, -0.2) is 9.13 Å². The number of rotatable bonds is 5. The van der Waals surface area contributed by atoms with Crippen molar-refractivity contribution in [2.45, 2.75) is 128 Å². The van der Waals surface area contributed by atoms with Crippen molar-refractivity contribution in [2.24, 2.45) is 7.05 Å². The molecule has 0 N–H and O–H groups in total. The number of aromatic nitrogens is 3. The SMILES string of the molecule is CCC1(C)c2ccccc2-c2n(-c3c(C4CCCCC4)cc4c5ccccc5n(C)c4c3C3CCCCC3)c3ccccc3[n+]2C1(C)CC. The van der Waals surface area contributed by atoms with Gasteiger partial charge in [-0.3, -0.25) is 0 Å². The molecule has 3 nitrogen and oxygen atoms in total. The van der Waals surface area contributed by atoms with Crippen molar-refractivity contribution in [2.75, 3.05) is 0 Å². The number of hydrogen-bond acceptors (Lipinski definition) is 0. The average molecular weight is 649 g/mol. The van der Waals surface area contributed by atoms with Crippen LogP contribution in [0.4, 0.5) is 0 Å². The van der Waals surface area contributed by atoms with E-state index < -0.39 is 0 Å². The zero-order chi connectivity index (χ0) is 33.5. The second-order valence-electron chi connectivity index (χ2n) is 16.2. The molecular formula is C46H54N3+. The summed E-state index contributed by atoms with van der Waals surface area (Å²) in [6, 6.07) is 30.8. The molecule has 0 amide bonds. The Bertz CT molecular complexity index is 2220. The van der Waals surface area contributed by atoms with Crippen LogP contribution in [0.5, 0.6) is 0 Å². The van der Waals surface area contributed by atoms with Gasteiger partial charge in [-0.2, -0.15) is 4.57 Å². The maximum atomic E-state index is 2.82. The first-order valence-corrected chi connectivity index (χ1v) is 19.6. The Morgan fingerprint density at radius 2 is 1.33 bits per heavy atom. The molecule has 3 aliphatic rings. The molecule has 2 fully saturated rings. The van der Waals surface area contributed by atoms with Crippen LogP contribution >= 0.6 is 0 Å². The van der Waals surface area contributed by atoms with Gasteiger partial charge in [-0.25, -0.2) is 4.57 Å². The van der Waals surface area contributed by atoms with Crippen LogP contribution in [0.15, 0.2) is 78.9 Å². The Kier molecular flexibility index (Phi) is 7.38. The number of aryl methyl sites for hydroxylation is 1. The van der Waals surface area contributed by atoms with E-state index >= 15 is 0 Å². The van der Waals surface area contributed by atoms with Crippen LogP contribution in [0.25, 0.3) is 49.9 Å². The largest absolute Gasteiger partial charge is 0.343 e. The van der Waals surface area contributed by atoms with E-state index in [1.807, 2.05) is 0 Å². The van der Waals surface area contributed by atoms with Crippen molar-refractivity contribution in [3.05, 3.63) is 95.6 Å². The Morgan fingerprint density at radius 1 is 0.694 bits per heavy atom. The molecule has 0 spiro atoms. The van der Waals surface area contributed by atoms with Gasteiger partial charge in [0, 0.05) is 39.9 Å². The molecular weight excluding hydrogens is 595 g/mol. The topological polar surface area (TPSA) is 13.7 Å². The molecule has 6 aromatic rings. The molecule has 9 rings (SSSR count). The number of para-hydroxylation sites is 3. The highest BCUT2D eigenvalue weighted by molar-refractivity contribution is 6.10. The Balaban J connectivity index is 1.52. The van der Waals surface area contributed by atoms with Crippen molar-refractivity contribution in [1.82, 2.24) is 9.13 Å². The Hall–Kier alpha value is -3.85.